The highest BCUT2D eigenvalue weighted by atomic mass is 32.1. The highest BCUT2D eigenvalue weighted by molar-refractivity contribution is 7.15. The fourth-order valence-corrected chi connectivity index (χ4v) is 3.82. The van der Waals surface area contributed by atoms with E-state index in [1.54, 1.807) is 11.3 Å². The summed E-state index contributed by atoms with van der Waals surface area (Å²) >= 11 is 1.57. The summed E-state index contributed by atoms with van der Waals surface area (Å²) in [5.74, 6) is 2.13. The Morgan fingerprint density at radius 1 is 1.42 bits per heavy atom. The van der Waals surface area contributed by atoms with Gasteiger partial charge < -0.3 is 4.90 Å². The lowest BCUT2D eigenvalue weighted by molar-refractivity contribution is 0.111. The molecule has 0 bridgehead atoms. The van der Waals surface area contributed by atoms with Crippen LogP contribution in [0.15, 0.2) is 11.6 Å². The highest BCUT2D eigenvalue weighted by Gasteiger charge is 2.32. The molecule has 3 atom stereocenters. The van der Waals surface area contributed by atoms with E-state index in [9.17, 15) is 4.79 Å². The van der Waals surface area contributed by atoms with Gasteiger partial charge in [0.1, 0.15) is 5.69 Å². The molecule has 4 nitrogen and oxygen atoms in total. The fraction of sp³-hybridized carbons (Fsp3) is 0.571. The molecule has 1 aliphatic rings. The molecule has 102 valence electrons. The van der Waals surface area contributed by atoms with Gasteiger partial charge in [-0.05, 0) is 25.2 Å². The number of imidazole rings is 1. The molecule has 0 amide bonds. The minimum Gasteiger partial charge on any atom is -0.351 e. The largest absolute Gasteiger partial charge is 0.351 e. The lowest BCUT2D eigenvalue weighted by Crippen LogP contribution is -2.46. The van der Waals surface area contributed by atoms with E-state index >= 15 is 0 Å². The highest BCUT2D eigenvalue weighted by Crippen LogP contribution is 2.33. The first-order chi connectivity index (χ1) is 9.11. The molecule has 1 aliphatic heterocycles. The summed E-state index contributed by atoms with van der Waals surface area (Å²) in [6, 6.07) is 0.430. The number of aldehydes is 1. The number of hydrogen-bond acceptors (Lipinski definition) is 4. The van der Waals surface area contributed by atoms with Gasteiger partial charge in [0.25, 0.3) is 0 Å². The molecule has 3 unspecified atom stereocenters. The lowest BCUT2D eigenvalue weighted by Gasteiger charge is -2.41. The smallest absolute Gasteiger partial charge is 0.196 e. The molecule has 3 heterocycles. The van der Waals surface area contributed by atoms with Crippen LogP contribution in [-0.4, -0.2) is 28.3 Å². The number of anilines is 1. The number of carbonyl (C=O) groups excluding carboxylic acids is 1. The third-order valence-corrected chi connectivity index (χ3v) is 5.02. The van der Waals surface area contributed by atoms with Crippen molar-refractivity contribution >= 4 is 28.4 Å². The fourth-order valence-electron chi connectivity index (χ4n) is 3.11. The SMILES string of the molecule is CC1CC(C)C(C)N(c2nc3sccn3c2C=O)C1. The van der Waals surface area contributed by atoms with Crippen LogP contribution >= 0.6 is 11.3 Å². The zero-order valence-corrected chi connectivity index (χ0v) is 12.4. The van der Waals surface area contributed by atoms with Crippen molar-refractivity contribution in [1.29, 1.82) is 0 Å². The Kier molecular flexibility index (Phi) is 3.09. The molecule has 0 aromatic carbocycles. The van der Waals surface area contributed by atoms with E-state index in [2.05, 4.69) is 30.7 Å². The van der Waals surface area contributed by atoms with Crippen LogP contribution in [0.3, 0.4) is 0 Å². The van der Waals surface area contributed by atoms with Gasteiger partial charge >= 0.3 is 0 Å². The van der Waals surface area contributed by atoms with E-state index in [-0.39, 0.29) is 0 Å². The van der Waals surface area contributed by atoms with E-state index in [1.165, 1.54) is 6.42 Å². The summed E-state index contributed by atoms with van der Waals surface area (Å²) in [6.07, 6.45) is 4.09. The van der Waals surface area contributed by atoms with Crippen LogP contribution in [0.4, 0.5) is 5.82 Å². The van der Waals surface area contributed by atoms with Gasteiger partial charge in [-0.1, -0.05) is 13.8 Å². The molecule has 1 saturated heterocycles. The zero-order valence-electron chi connectivity index (χ0n) is 11.5. The van der Waals surface area contributed by atoms with Crippen molar-refractivity contribution in [3.05, 3.63) is 17.3 Å². The summed E-state index contributed by atoms with van der Waals surface area (Å²) in [5, 5.41) is 1.96. The predicted molar refractivity (Wildman–Crippen MR) is 78.2 cm³/mol. The number of rotatable bonds is 2. The van der Waals surface area contributed by atoms with Crippen LogP contribution in [0, 0.1) is 11.8 Å². The Balaban J connectivity index is 2.07. The second kappa shape index (κ2) is 4.63. The quantitative estimate of drug-likeness (QED) is 0.792. The topological polar surface area (TPSA) is 37.6 Å². The summed E-state index contributed by atoms with van der Waals surface area (Å²) < 4.78 is 1.89. The number of piperidine rings is 1. The molecule has 5 heteroatoms. The molecular weight excluding hydrogens is 258 g/mol. The zero-order chi connectivity index (χ0) is 13.6. The summed E-state index contributed by atoms with van der Waals surface area (Å²) in [5.41, 5.74) is 0.685. The monoisotopic (exact) mass is 277 g/mol. The van der Waals surface area contributed by atoms with Crippen molar-refractivity contribution in [1.82, 2.24) is 9.38 Å². The number of aromatic nitrogens is 2. The lowest BCUT2D eigenvalue weighted by atomic mass is 9.86. The van der Waals surface area contributed by atoms with Crippen molar-refractivity contribution < 1.29 is 4.79 Å². The molecular formula is C14H19N3OS. The maximum absolute atomic E-state index is 11.4. The maximum Gasteiger partial charge on any atom is 0.196 e. The van der Waals surface area contributed by atoms with Gasteiger partial charge in [-0.25, -0.2) is 4.98 Å². The predicted octanol–water partition coefficient (Wildman–Crippen LogP) is 3.08. The molecule has 0 aliphatic carbocycles. The number of nitrogens with zero attached hydrogens (tertiary/aromatic N) is 3. The van der Waals surface area contributed by atoms with Crippen LogP contribution in [0.1, 0.15) is 37.7 Å². The first-order valence-corrected chi connectivity index (χ1v) is 7.67. The maximum atomic E-state index is 11.4. The third kappa shape index (κ3) is 1.96. The molecule has 19 heavy (non-hydrogen) atoms. The number of carbonyl (C=O) groups is 1. The Morgan fingerprint density at radius 2 is 2.21 bits per heavy atom. The van der Waals surface area contributed by atoms with Gasteiger partial charge in [-0.2, -0.15) is 0 Å². The Bertz CT molecular complexity index is 603. The second-order valence-electron chi connectivity index (χ2n) is 5.71. The molecule has 0 saturated carbocycles. The van der Waals surface area contributed by atoms with E-state index in [1.807, 2.05) is 16.0 Å². The van der Waals surface area contributed by atoms with E-state index in [4.69, 9.17) is 0 Å². The van der Waals surface area contributed by atoms with Crippen molar-refractivity contribution in [2.45, 2.75) is 33.2 Å². The number of hydrogen-bond donors (Lipinski definition) is 0. The minimum absolute atomic E-state index is 0.430. The Hall–Kier alpha value is -1.36. The van der Waals surface area contributed by atoms with E-state index in [0.29, 0.717) is 23.6 Å². The molecule has 2 aromatic rings. The second-order valence-corrected chi connectivity index (χ2v) is 6.58. The molecule has 0 N–H and O–H groups in total. The molecule has 3 rings (SSSR count). The van der Waals surface area contributed by atoms with Crippen molar-refractivity contribution in [2.24, 2.45) is 11.8 Å². The molecule has 0 spiro atoms. The first-order valence-electron chi connectivity index (χ1n) is 6.79. The molecule has 2 aromatic heterocycles. The van der Waals surface area contributed by atoms with Gasteiger partial charge in [0.05, 0.1) is 0 Å². The van der Waals surface area contributed by atoms with E-state index < -0.39 is 0 Å². The van der Waals surface area contributed by atoms with Crippen LogP contribution in [0.2, 0.25) is 0 Å². The van der Waals surface area contributed by atoms with Crippen LogP contribution in [0.5, 0.6) is 0 Å². The standard InChI is InChI=1S/C14H19N3OS/c1-9-6-10(2)11(3)17(7-9)13-12(8-18)16-4-5-19-14(16)15-13/h4-5,8-11H,6-7H2,1-3H3. The molecule has 1 fully saturated rings. The van der Waals surface area contributed by atoms with Crippen LogP contribution in [0.25, 0.3) is 4.96 Å². The van der Waals surface area contributed by atoms with Crippen LogP contribution in [-0.2, 0) is 0 Å². The third-order valence-electron chi connectivity index (χ3n) is 4.26. The first kappa shape index (κ1) is 12.7. The van der Waals surface area contributed by atoms with E-state index in [0.717, 1.165) is 23.6 Å². The van der Waals surface area contributed by atoms with Crippen molar-refractivity contribution in [3.63, 3.8) is 0 Å². The van der Waals surface area contributed by atoms with Crippen LogP contribution < -0.4 is 4.90 Å². The minimum atomic E-state index is 0.430. The van der Waals surface area contributed by atoms with Crippen molar-refractivity contribution in [2.75, 3.05) is 11.4 Å². The van der Waals surface area contributed by atoms with Gasteiger partial charge in [-0.15, -0.1) is 11.3 Å². The van der Waals surface area contributed by atoms with Gasteiger partial charge in [0.2, 0.25) is 0 Å². The summed E-state index contributed by atoms with van der Waals surface area (Å²) in [6.45, 7) is 7.77. The van der Waals surface area contributed by atoms with Gasteiger partial charge in [0, 0.05) is 24.2 Å². The number of thiazole rings is 1. The Morgan fingerprint density at radius 3 is 2.95 bits per heavy atom. The number of fused-ring (bicyclic) bond motifs is 1. The Labute approximate surface area is 117 Å². The van der Waals surface area contributed by atoms with Gasteiger partial charge in [0.15, 0.2) is 17.1 Å². The van der Waals surface area contributed by atoms with Crippen molar-refractivity contribution in [3.8, 4) is 0 Å². The average Bonchev–Trinajstić information content (AvgIpc) is 2.93. The van der Waals surface area contributed by atoms with Gasteiger partial charge in [-0.3, -0.25) is 9.20 Å². The average molecular weight is 277 g/mol. The molecule has 0 radical (unpaired) electrons. The normalized spacial score (nSPS) is 27.9. The summed E-state index contributed by atoms with van der Waals surface area (Å²) in [7, 11) is 0. The summed E-state index contributed by atoms with van der Waals surface area (Å²) in [4.78, 5) is 19.3.